The third-order valence-electron chi connectivity index (χ3n) is 3.92. The lowest BCUT2D eigenvalue weighted by atomic mass is 10.1. The van der Waals surface area contributed by atoms with Crippen LogP contribution in [0.25, 0.3) is 16.9 Å². The highest BCUT2D eigenvalue weighted by atomic mass is 16.3. The number of amides is 1. The van der Waals surface area contributed by atoms with E-state index in [9.17, 15) is 9.90 Å². The van der Waals surface area contributed by atoms with Crippen molar-refractivity contribution in [1.82, 2.24) is 15.1 Å². The SMILES string of the molecule is Cc1cccc(-c2nn(-c3ccccc3)cc2C(=O)NC(C)CO)c1. The fraction of sp³-hybridized carbons (Fsp3) is 0.200. The first kappa shape index (κ1) is 16.9. The van der Waals surface area contributed by atoms with Crippen molar-refractivity contribution in [1.29, 1.82) is 0 Å². The summed E-state index contributed by atoms with van der Waals surface area (Å²) in [7, 11) is 0. The highest BCUT2D eigenvalue weighted by Crippen LogP contribution is 2.24. The first-order valence-corrected chi connectivity index (χ1v) is 8.22. The molecule has 128 valence electrons. The maximum atomic E-state index is 12.7. The van der Waals surface area contributed by atoms with Gasteiger partial charge in [-0.15, -0.1) is 0 Å². The van der Waals surface area contributed by atoms with E-state index < -0.39 is 0 Å². The Morgan fingerprint density at radius 3 is 2.64 bits per heavy atom. The number of aliphatic hydroxyl groups excluding tert-OH is 1. The summed E-state index contributed by atoms with van der Waals surface area (Å²) in [6, 6.07) is 17.2. The molecule has 0 bridgehead atoms. The van der Waals surface area contributed by atoms with Crippen LogP contribution in [0.3, 0.4) is 0 Å². The minimum Gasteiger partial charge on any atom is -0.394 e. The minimum absolute atomic E-state index is 0.113. The van der Waals surface area contributed by atoms with E-state index in [0.717, 1.165) is 16.8 Å². The van der Waals surface area contributed by atoms with Crippen LogP contribution in [0.2, 0.25) is 0 Å². The van der Waals surface area contributed by atoms with Crippen molar-refractivity contribution in [2.45, 2.75) is 19.9 Å². The van der Waals surface area contributed by atoms with E-state index in [2.05, 4.69) is 10.4 Å². The Bertz CT molecular complexity index is 872. The number of aliphatic hydroxyl groups is 1. The van der Waals surface area contributed by atoms with Gasteiger partial charge in [-0.2, -0.15) is 5.10 Å². The molecule has 3 rings (SSSR count). The zero-order valence-corrected chi connectivity index (χ0v) is 14.3. The van der Waals surface area contributed by atoms with Crippen molar-refractivity contribution in [3.63, 3.8) is 0 Å². The number of rotatable bonds is 5. The van der Waals surface area contributed by atoms with Gasteiger partial charge in [-0.25, -0.2) is 4.68 Å². The molecule has 5 nitrogen and oxygen atoms in total. The molecule has 5 heteroatoms. The number of para-hydroxylation sites is 1. The highest BCUT2D eigenvalue weighted by molar-refractivity contribution is 6.00. The predicted molar refractivity (Wildman–Crippen MR) is 97.8 cm³/mol. The summed E-state index contributed by atoms with van der Waals surface area (Å²) < 4.78 is 1.70. The lowest BCUT2D eigenvalue weighted by Crippen LogP contribution is -2.35. The van der Waals surface area contributed by atoms with Crippen molar-refractivity contribution in [3.05, 3.63) is 71.9 Å². The molecule has 25 heavy (non-hydrogen) atoms. The van der Waals surface area contributed by atoms with Crippen LogP contribution in [0.1, 0.15) is 22.8 Å². The number of nitrogens with one attached hydrogen (secondary N) is 1. The molecule has 1 amide bonds. The Kier molecular flexibility index (Phi) is 4.95. The van der Waals surface area contributed by atoms with E-state index in [0.29, 0.717) is 11.3 Å². The number of benzene rings is 2. The second-order valence-electron chi connectivity index (χ2n) is 6.10. The number of carbonyl (C=O) groups excluding carboxylic acids is 1. The third kappa shape index (κ3) is 3.78. The van der Waals surface area contributed by atoms with Gasteiger partial charge in [0.15, 0.2) is 0 Å². The average Bonchev–Trinajstić information content (AvgIpc) is 3.08. The Morgan fingerprint density at radius 1 is 1.20 bits per heavy atom. The molecule has 0 radical (unpaired) electrons. The second-order valence-corrected chi connectivity index (χ2v) is 6.10. The third-order valence-corrected chi connectivity index (χ3v) is 3.92. The standard InChI is InChI=1S/C20H21N3O2/c1-14-7-6-8-16(11-14)19-18(20(25)21-15(2)13-24)12-23(22-19)17-9-4-3-5-10-17/h3-12,15,24H,13H2,1-2H3,(H,21,25). The molecule has 1 atom stereocenters. The molecule has 0 saturated heterocycles. The van der Waals surface area contributed by atoms with E-state index in [4.69, 9.17) is 0 Å². The summed E-state index contributed by atoms with van der Waals surface area (Å²) in [5, 5.41) is 16.6. The van der Waals surface area contributed by atoms with Crippen LogP contribution >= 0.6 is 0 Å². The van der Waals surface area contributed by atoms with E-state index in [1.807, 2.05) is 61.5 Å². The molecule has 0 aliphatic rings. The molecule has 1 unspecified atom stereocenters. The Labute approximate surface area is 146 Å². The summed E-state index contributed by atoms with van der Waals surface area (Å²) in [6.45, 7) is 3.65. The maximum Gasteiger partial charge on any atom is 0.255 e. The average molecular weight is 335 g/mol. The van der Waals surface area contributed by atoms with Crippen LogP contribution < -0.4 is 5.32 Å². The molecule has 0 aliphatic heterocycles. The van der Waals surface area contributed by atoms with Crippen molar-refractivity contribution >= 4 is 5.91 Å². The quantitative estimate of drug-likeness (QED) is 0.753. The number of aryl methyl sites for hydroxylation is 1. The molecule has 1 aromatic heterocycles. The fourth-order valence-corrected chi connectivity index (χ4v) is 2.61. The highest BCUT2D eigenvalue weighted by Gasteiger charge is 2.19. The van der Waals surface area contributed by atoms with Gasteiger partial charge < -0.3 is 10.4 Å². The summed E-state index contributed by atoms with van der Waals surface area (Å²) in [5.41, 5.74) is 3.97. The summed E-state index contributed by atoms with van der Waals surface area (Å²) in [5.74, 6) is -0.250. The summed E-state index contributed by atoms with van der Waals surface area (Å²) in [6.07, 6.45) is 1.73. The van der Waals surface area contributed by atoms with Gasteiger partial charge >= 0.3 is 0 Å². The fourth-order valence-electron chi connectivity index (χ4n) is 2.61. The lowest BCUT2D eigenvalue weighted by molar-refractivity contribution is 0.0923. The molecule has 0 saturated carbocycles. The molecule has 0 aliphatic carbocycles. The van der Waals surface area contributed by atoms with Crippen LogP contribution in [-0.4, -0.2) is 33.4 Å². The molecular weight excluding hydrogens is 314 g/mol. The van der Waals surface area contributed by atoms with Crippen molar-refractivity contribution in [2.75, 3.05) is 6.61 Å². The van der Waals surface area contributed by atoms with Gasteiger partial charge in [-0.05, 0) is 32.0 Å². The number of nitrogens with zero attached hydrogens (tertiary/aromatic N) is 2. The van der Waals surface area contributed by atoms with Gasteiger partial charge in [0.25, 0.3) is 5.91 Å². The number of hydrogen-bond acceptors (Lipinski definition) is 3. The van der Waals surface area contributed by atoms with Crippen LogP contribution in [-0.2, 0) is 0 Å². The normalized spacial score (nSPS) is 12.0. The Hall–Kier alpha value is -2.92. The van der Waals surface area contributed by atoms with Crippen LogP contribution in [0.4, 0.5) is 0 Å². The van der Waals surface area contributed by atoms with Gasteiger partial charge in [0.05, 0.1) is 17.9 Å². The predicted octanol–water partition coefficient (Wildman–Crippen LogP) is 2.96. The van der Waals surface area contributed by atoms with Gasteiger partial charge in [0.2, 0.25) is 0 Å². The van der Waals surface area contributed by atoms with Gasteiger partial charge in [-0.3, -0.25) is 4.79 Å². The largest absolute Gasteiger partial charge is 0.394 e. The Morgan fingerprint density at radius 2 is 1.96 bits per heavy atom. The van der Waals surface area contributed by atoms with Crippen LogP contribution in [0.5, 0.6) is 0 Å². The Balaban J connectivity index is 2.08. The maximum absolute atomic E-state index is 12.7. The molecule has 1 heterocycles. The molecule has 2 aromatic carbocycles. The molecule has 0 spiro atoms. The van der Waals surface area contributed by atoms with Gasteiger partial charge in [0, 0.05) is 17.8 Å². The molecule has 3 aromatic rings. The molecule has 2 N–H and O–H groups in total. The molecule has 0 fully saturated rings. The monoisotopic (exact) mass is 335 g/mol. The van der Waals surface area contributed by atoms with Crippen molar-refractivity contribution < 1.29 is 9.90 Å². The van der Waals surface area contributed by atoms with Crippen molar-refractivity contribution in [2.24, 2.45) is 0 Å². The van der Waals surface area contributed by atoms with E-state index in [-0.39, 0.29) is 18.6 Å². The van der Waals surface area contributed by atoms with Crippen LogP contribution in [0.15, 0.2) is 60.8 Å². The van der Waals surface area contributed by atoms with Gasteiger partial charge in [-0.1, -0.05) is 42.0 Å². The second kappa shape index (κ2) is 7.32. The van der Waals surface area contributed by atoms with Crippen LogP contribution in [0, 0.1) is 6.92 Å². The summed E-state index contributed by atoms with van der Waals surface area (Å²) >= 11 is 0. The zero-order chi connectivity index (χ0) is 17.8. The summed E-state index contributed by atoms with van der Waals surface area (Å²) in [4.78, 5) is 12.7. The minimum atomic E-state index is -0.321. The van der Waals surface area contributed by atoms with Gasteiger partial charge in [0.1, 0.15) is 5.69 Å². The number of carbonyl (C=O) groups is 1. The smallest absolute Gasteiger partial charge is 0.255 e. The van der Waals surface area contributed by atoms with E-state index in [1.165, 1.54) is 0 Å². The number of hydrogen-bond donors (Lipinski definition) is 2. The first-order valence-electron chi connectivity index (χ1n) is 8.22. The topological polar surface area (TPSA) is 67.2 Å². The van der Waals surface area contributed by atoms with E-state index in [1.54, 1.807) is 17.8 Å². The molecular formula is C20H21N3O2. The zero-order valence-electron chi connectivity index (χ0n) is 14.3. The first-order chi connectivity index (χ1) is 12.1. The lowest BCUT2D eigenvalue weighted by Gasteiger charge is -2.10. The van der Waals surface area contributed by atoms with E-state index >= 15 is 0 Å². The number of aromatic nitrogens is 2. The van der Waals surface area contributed by atoms with Crippen molar-refractivity contribution in [3.8, 4) is 16.9 Å².